The molecule has 1 aliphatic carbocycles. The van der Waals surface area contributed by atoms with Crippen molar-refractivity contribution >= 4 is 0 Å². The third kappa shape index (κ3) is 2.15. The van der Waals surface area contributed by atoms with Crippen molar-refractivity contribution in [1.82, 2.24) is 4.98 Å². The molecule has 1 aromatic heterocycles. The number of aromatic nitrogens is 1. The number of nitrogens with zero attached hydrogens (tertiary/aromatic N) is 1. The second-order valence-electron chi connectivity index (χ2n) is 5.48. The van der Waals surface area contributed by atoms with Gasteiger partial charge in [-0.15, -0.1) is 0 Å². The summed E-state index contributed by atoms with van der Waals surface area (Å²) >= 11 is 0. The minimum Gasteiger partial charge on any atom is -0.257 e. The van der Waals surface area contributed by atoms with Crippen LogP contribution >= 0.6 is 0 Å². The van der Waals surface area contributed by atoms with Gasteiger partial charge < -0.3 is 0 Å². The van der Waals surface area contributed by atoms with Crippen LogP contribution in [0.3, 0.4) is 0 Å². The fraction of sp³-hybridized carbons (Fsp3) is 0.562. The SMILES string of the molecule is Cc1nc2c(c(C)c1C)C(C)[C@@H](C)CC=CC2. The van der Waals surface area contributed by atoms with Crippen LogP contribution in [-0.4, -0.2) is 4.98 Å². The molecule has 2 rings (SSSR count). The molecule has 0 aromatic carbocycles. The van der Waals surface area contributed by atoms with Crippen molar-refractivity contribution in [2.24, 2.45) is 5.92 Å². The molecule has 0 N–H and O–H groups in total. The number of pyridine rings is 1. The summed E-state index contributed by atoms with van der Waals surface area (Å²) in [6.07, 6.45) is 6.78. The van der Waals surface area contributed by atoms with E-state index in [0.717, 1.165) is 6.42 Å². The molecule has 0 amide bonds. The smallest absolute Gasteiger partial charge is 0.0482 e. The minimum atomic E-state index is 0.613. The summed E-state index contributed by atoms with van der Waals surface area (Å²) in [6.45, 7) is 11.3. The van der Waals surface area contributed by atoms with Gasteiger partial charge in [0.15, 0.2) is 0 Å². The van der Waals surface area contributed by atoms with E-state index in [0.29, 0.717) is 11.8 Å². The van der Waals surface area contributed by atoms with Crippen LogP contribution in [0.1, 0.15) is 54.3 Å². The van der Waals surface area contributed by atoms with Gasteiger partial charge in [-0.2, -0.15) is 0 Å². The average Bonchev–Trinajstić information content (AvgIpc) is 2.29. The zero-order valence-electron chi connectivity index (χ0n) is 11.7. The fourth-order valence-electron chi connectivity index (χ4n) is 2.79. The summed E-state index contributed by atoms with van der Waals surface area (Å²) in [5.74, 6) is 1.31. The Balaban J connectivity index is 2.63. The highest BCUT2D eigenvalue weighted by atomic mass is 14.7. The van der Waals surface area contributed by atoms with Crippen LogP contribution in [0.25, 0.3) is 0 Å². The maximum absolute atomic E-state index is 4.81. The molecular formula is C16H23N. The zero-order chi connectivity index (χ0) is 12.6. The Labute approximate surface area is 105 Å². The molecule has 0 radical (unpaired) electrons. The van der Waals surface area contributed by atoms with Crippen molar-refractivity contribution in [3.05, 3.63) is 40.2 Å². The standard InChI is InChI=1S/C16H23N/c1-10-8-6-7-9-15-16(11(10)2)13(4)12(3)14(5)17-15/h6-7,10-11H,8-9H2,1-5H3/t10-,11?/m0/s1. The summed E-state index contributed by atoms with van der Waals surface area (Å²) in [4.78, 5) is 4.81. The van der Waals surface area contributed by atoms with Crippen molar-refractivity contribution in [2.45, 2.75) is 53.4 Å². The van der Waals surface area contributed by atoms with Gasteiger partial charge in [-0.3, -0.25) is 4.98 Å². The molecule has 17 heavy (non-hydrogen) atoms. The van der Waals surface area contributed by atoms with Crippen molar-refractivity contribution in [3.63, 3.8) is 0 Å². The van der Waals surface area contributed by atoms with E-state index in [1.165, 1.54) is 34.5 Å². The number of hydrogen-bond donors (Lipinski definition) is 0. The van der Waals surface area contributed by atoms with Crippen molar-refractivity contribution in [2.75, 3.05) is 0 Å². The summed E-state index contributed by atoms with van der Waals surface area (Å²) in [5, 5.41) is 0. The van der Waals surface area contributed by atoms with Gasteiger partial charge in [-0.25, -0.2) is 0 Å². The molecule has 1 heteroatoms. The largest absolute Gasteiger partial charge is 0.257 e. The Bertz CT molecular complexity index is 457. The fourth-order valence-corrected chi connectivity index (χ4v) is 2.79. The van der Waals surface area contributed by atoms with Crippen molar-refractivity contribution in [1.29, 1.82) is 0 Å². The molecular weight excluding hydrogens is 206 g/mol. The van der Waals surface area contributed by atoms with Gasteiger partial charge in [0.2, 0.25) is 0 Å². The molecule has 1 nitrogen and oxygen atoms in total. The topological polar surface area (TPSA) is 12.9 Å². The highest BCUT2D eigenvalue weighted by molar-refractivity contribution is 5.42. The van der Waals surface area contributed by atoms with E-state index in [9.17, 15) is 0 Å². The molecule has 0 fully saturated rings. The molecule has 1 unspecified atom stereocenters. The van der Waals surface area contributed by atoms with Crippen LogP contribution in [0.2, 0.25) is 0 Å². The summed E-state index contributed by atoms with van der Waals surface area (Å²) in [7, 11) is 0. The Hall–Kier alpha value is -1.11. The lowest BCUT2D eigenvalue weighted by Crippen LogP contribution is -2.15. The van der Waals surface area contributed by atoms with Gasteiger partial charge in [0.1, 0.15) is 0 Å². The molecule has 1 aromatic rings. The lowest BCUT2D eigenvalue weighted by atomic mass is 9.80. The van der Waals surface area contributed by atoms with Gasteiger partial charge in [0.05, 0.1) is 0 Å². The second kappa shape index (κ2) is 4.64. The predicted octanol–water partition coefficient (Wildman–Crippen LogP) is 4.25. The Morgan fingerprint density at radius 2 is 1.76 bits per heavy atom. The Morgan fingerprint density at radius 3 is 2.47 bits per heavy atom. The summed E-state index contributed by atoms with van der Waals surface area (Å²) in [6, 6.07) is 0. The molecule has 1 aliphatic rings. The van der Waals surface area contributed by atoms with Crippen LogP contribution in [0.5, 0.6) is 0 Å². The van der Waals surface area contributed by atoms with E-state index in [-0.39, 0.29) is 0 Å². The first-order chi connectivity index (χ1) is 8.02. The first-order valence-corrected chi connectivity index (χ1v) is 6.64. The number of rotatable bonds is 0. The molecule has 0 bridgehead atoms. The van der Waals surface area contributed by atoms with Crippen LogP contribution < -0.4 is 0 Å². The van der Waals surface area contributed by atoms with Gasteiger partial charge in [0, 0.05) is 17.8 Å². The second-order valence-corrected chi connectivity index (χ2v) is 5.48. The van der Waals surface area contributed by atoms with Gasteiger partial charge in [-0.05, 0) is 55.7 Å². The quantitative estimate of drug-likeness (QED) is 0.606. The van der Waals surface area contributed by atoms with Crippen molar-refractivity contribution in [3.8, 4) is 0 Å². The molecule has 1 heterocycles. The minimum absolute atomic E-state index is 0.613. The van der Waals surface area contributed by atoms with Crippen LogP contribution in [0, 0.1) is 26.7 Å². The van der Waals surface area contributed by atoms with E-state index >= 15 is 0 Å². The van der Waals surface area contributed by atoms with Gasteiger partial charge in [0.25, 0.3) is 0 Å². The van der Waals surface area contributed by atoms with Gasteiger partial charge in [-0.1, -0.05) is 26.0 Å². The zero-order valence-corrected chi connectivity index (χ0v) is 11.7. The van der Waals surface area contributed by atoms with E-state index in [4.69, 9.17) is 4.98 Å². The summed E-state index contributed by atoms with van der Waals surface area (Å²) < 4.78 is 0. The monoisotopic (exact) mass is 229 g/mol. The third-order valence-corrected chi connectivity index (χ3v) is 4.42. The van der Waals surface area contributed by atoms with Gasteiger partial charge >= 0.3 is 0 Å². The Kier molecular flexibility index (Phi) is 3.37. The molecule has 2 atom stereocenters. The highest BCUT2D eigenvalue weighted by Gasteiger charge is 2.22. The number of hydrogen-bond acceptors (Lipinski definition) is 1. The lowest BCUT2D eigenvalue weighted by molar-refractivity contribution is 0.484. The Morgan fingerprint density at radius 1 is 1.06 bits per heavy atom. The van der Waals surface area contributed by atoms with E-state index in [1.807, 2.05) is 0 Å². The van der Waals surface area contributed by atoms with Crippen molar-refractivity contribution < 1.29 is 0 Å². The number of allylic oxidation sites excluding steroid dienone is 2. The van der Waals surface area contributed by atoms with Crippen LogP contribution in [-0.2, 0) is 6.42 Å². The van der Waals surface area contributed by atoms with E-state index in [1.54, 1.807) is 0 Å². The predicted molar refractivity (Wildman–Crippen MR) is 73.5 cm³/mol. The molecule has 0 aliphatic heterocycles. The van der Waals surface area contributed by atoms with E-state index < -0.39 is 0 Å². The molecule has 0 saturated heterocycles. The first kappa shape index (κ1) is 12.3. The maximum Gasteiger partial charge on any atom is 0.0482 e. The summed E-state index contributed by atoms with van der Waals surface area (Å²) in [5.41, 5.74) is 6.82. The first-order valence-electron chi connectivity index (χ1n) is 6.64. The molecule has 92 valence electrons. The molecule has 0 spiro atoms. The van der Waals surface area contributed by atoms with Crippen LogP contribution in [0.15, 0.2) is 12.2 Å². The maximum atomic E-state index is 4.81. The number of fused-ring (bicyclic) bond motifs is 1. The number of aryl methyl sites for hydroxylation is 1. The van der Waals surface area contributed by atoms with E-state index in [2.05, 4.69) is 46.8 Å². The lowest BCUT2D eigenvalue weighted by Gasteiger charge is -2.26. The molecule has 0 saturated carbocycles. The van der Waals surface area contributed by atoms with Crippen LogP contribution in [0.4, 0.5) is 0 Å². The normalized spacial score (nSPS) is 24.1. The highest BCUT2D eigenvalue weighted by Crippen LogP contribution is 2.34. The average molecular weight is 229 g/mol. The third-order valence-electron chi connectivity index (χ3n) is 4.42.